The number of hydrogen-bond acceptors (Lipinski definition) is 14. The third-order valence-electron chi connectivity index (χ3n) is 9.71. The predicted molar refractivity (Wildman–Crippen MR) is 236 cm³/mol. The number of pyridine rings is 2. The molecule has 18 nitrogen and oxygen atoms in total. The number of anilines is 4. The van der Waals surface area contributed by atoms with Crippen molar-refractivity contribution in [3.8, 4) is 28.6 Å². The molecule has 6 aromatic rings. The molecule has 0 bridgehead atoms. The molecule has 1 aliphatic rings. The Balaban J connectivity index is 0.000000211. The Labute approximate surface area is 362 Å². The number of hydrogen-bond donors (Lipinski definition) is 6. The summed E-state index contributed by atoms with van der Waals surface area (Å²) in [5.41, 5.74) is 5.48. The summed E-state index contributed by atoms with van der Waals surface area (Å²) in [5, 5.41) is 47.1. The van der Waals surface area contributed by atoms with Gasteiger partial charge in [-0.1, -0.05) is 24.3 Å². The molecule has 2 aromatic carbocycles. The van der Waals surface area contributed by atoms with E-state index in [4.69, 9.17) is 5.26 Å². The molecule has 0 saturated carbocycles. The van der Waals surface area contributed by atoms with Gasteiger partial charge in [0, 0.05) is 70.4 Å². The monoisotopic (exact) mass is 856 g/mol. The van der Waals surface area contributed by atoms with Crippen LogP contribution in [0.1, 0.15) is 11.1 Å². The summed E-state index contributed by atoms with van der Waals surface area (Å²) in [6.45, 7) is 0.788. The average molecular weight is 857 g/mol. The lowest BCUT2D eigenvalue weighted by molar-refractivity contribution is -0.118. The molecule has 0 saturated heterocycles. The van der Waals surface area contributed by atoms with E-state index in [0.717, 1.165) is 33.8 Å². The zero-order valence-electron chi connectivity index (χ0n) is 35.0. The van der Waals surface area contributed by atoms with Gasteiger partial charge in [0.15, 0.2) is 0 Å². The van der Waals surface area contributed by atoms with E-state index in [1.54, 1.807) is 86.3 Å². The van der Waals surface area contributed by atoms with Crippen molar-refractivity contribution in [2.24, 2.45) is 29.5 Å². The molecule has 4 aromatic heterocycles. The fraction of sp³-hybridized carbons (Fsp3) is 0.256. The van der Waals surface area contributed by atoms with E-state index < -0.39 is 12.1 Å². The van der Waals surface area contributed by atoms with Crippen molar-refractivity contribution in [2.45, 2.75) is 24.9 Å². The van der Waals surface area contributed by atoms with Crippen molar-refractivity contribution >= 4 is 40.8 Å². The zero-order chi connectivity index (χ0) is 44.7. The molecule has 0 spiro atoms. The zero-order valence-corrected chi connectivity index (χ0v) is 35.0. The summed E-state index contributed by atoms with van der Waals surface area (Å²) >= 11 is 0. The summed E-state index contributed by atoms with van der Waals surface area (Å²) < 4.78 is 29.6. The summed E-state index contributed by atoms with van der Waals surface area (Å²) in [4.78, 5) is 34.5. The molecule has 2 amide bonds. The quantitative estimate of drug-likeness (QED) is 0.0673. The first-order valence-corrected chi connectivity index (χ1v) is 19.7. The maximum atomic E-state index is 13.3. The molecule has 63 heavy (non-hydrogen) atoms. The lowest BCUT2D eigenvalue weighted by Gasteiger charge is -2.18. The van der Waals surface area contributed by atoms with Crippen LogP contribution in [0, 0.1) is 23.0 Å². The number of nitrogens with zero attached hydrogens (tertiary/aromatic N) is 10. The second-order valence-corrected chi connectivity index (χ2v) is 14.2. The minimum atomic E-state index is -0.662. The average Bonchev–Trinajstić information content (AvgIpc) is 4.05. The van der Waals surface area contributed by atoms with Crippen molar-refractivity contribution in [1.29, 1.82) is 5.26 Å². The first-order chi connectivity index (χ1) is 30.5. The third kappa shape index (κ3) is 12.6. The third-order valence-corrected chi connectivity index (χ3v) is 9.71. The summed E-state index contributed by atoms with van der Waals surface area (Å²) in [6.07, 6.45) is 4.06. The first kappa shape index (κ1) is 44.8. The highest BCUT2D eigenvalue weighted by atomic mass is 19.1. The smallest absolute Gasteiger partial charge is 0.243 e. The molecule has 0 fully saturated rings. The molecule has 5 heterocycles. The maximum absolute atomic E-state index is 13.3. The molecular formula is C43H46F2N16O2. The van der Waals surface area contributed by atoms with Crippen LogP contribution in [0.15, 0.2) is 113 Å². The van der Waals surface area contributed by atoms with E-state index in [1.807, 2.05) is 30.3 Å². The normalized spacial score (nSPS) is 12.6. The molecule has 1 aliphatic heterocycles. The number of carbonyl (C=O) groups is 2. The molecule has 0 radical (unpaired) electrons. The minimum Gasteiger partial charge on any atom is -0.373 e. The van der Waals surface area contributed by atoms with Gasteiger partial charge in [-0.2, -0.15) is 20.6 Å². The van der Waals surface area contributed by atoms with Gasteiger partial charge < -0.3 is 26.6 Å². The van der Waals surface area contributed by atoms with Crippen molar-refractivity contribution in [1.82, 2.24) is 40.2 Å². The Morgan fingerprint density at radius 3 is 1.62 bits per heavy atom. The van der Waals surface area contributed by atoms with Crippen molar-refractivity contribution < 1.29 is 18.4 Å². The highest BCUT2D eigenvalue weighted by Crippen LogP contribution is 2.25. The molecule has 0 unspecified atom stereocenters. The van der Waals surface area contributed by atoms with Gasteiger partial charge in [0.05, 0.1) is 41.8 Å². The molecule has 0 aliphatic carbocycles. The van der Waals surface area contributed by atoms with Crippen LogP contribution in [0.4, 0.5) is 32.1 Å². The number of aryl methyl sites for hydroxylation is 2. The SMILES string of the molecule is CNc1cc(-c2cc(NC(=O)[C@H](Cc3ccc(F)cc3)NCC#N)n(C)n2)ccn1.CNc1cc(-c2cc(NC(=O)[C@H](Cc3ccc(F)cc3)NCC3=NN=NC3)n(C)n2)ccn1. The van der Waals surface area contributed by atoms with Gasteiger partial charge in [-0.15, -0.1) is 5.10 Å². The summed E-state index contributed by atoms with van der Waals surface area (Å²) in [5.74, 6) is 1.28. The lowest BCUT2D eigenvalue weighted by Crippen LogP contribution is -2.44. The van der Waals surface area contributed by atoms with Crippen LogP contribution < -0.4 is 31.9 Å². The van der Waals surface area contributed by atoms with Crippen LogP contribution >= 0.6 is 0 Å². The molecule has 6 N–H and O–H groups in total. The summed E-state index contributed by atoms with van der Waals surface area (Å²) in [7, 11) is 7.07. The van der Waals surface area contributed by atoms with E-state index >= 15 is 0 Å². The van der Waals surface area contributed by atoms with Crippen LogP contribution in [0.2, 0.25) is 0 Å². The Bertz CT molecular complexity index is 2600. The molecule has 2 atom stereocenters. The van der Waals surface area contributed by atoms with Gasteiger partial charge in [-0.25, -0.2) is 18.7 Å². The van der Waals surface area contributed by atoms with E-state index in [2.05, 4.69) is 67.5 Å². The van der Waals surface area contributed by atoms with E-state index in [1.165, 1.54) is 24.3 Å². The molecule has 7 rings (SSSR count). The Hall–Kier alpha value is -7.76. The Kier molecular flexibility index (Phi) is 15.4. The number of nitrogens with one attached hydrogen (secondary N) is 6. The van der Waals surface area contributed by atoms with Gasteiger partial charge in [0.1, 0.15) is 41.5 Å². The van der Waals surface area contributed by atoms with Gasteiger partial charge in [-0.05, 0) is 77.7 Å². The first-order valence-electron chi connectivity index (χ1n) is 19.7. The highest BCUT2D eigenvalue weighted by molar-refractivity contribution is 5.96. The van der Waals surface area contributed by atoms with Crippen LogP contribution in [0.3, 0.4) is 0 Å². The lowest BCUT2D eigenvalue weighted by atomic mass is 10.0. The number of aromatic nitrogens is 6. The second kappa shape index (κ2) is 21.7. The van der Waals surface area contributed by atoms with Gasteiger partial charge in [0.25, 0.3) is 0 Å². The van der Waals surface area contributed by atoms with E-state index in [0.29, 0.717) is 54.8 Å². The van der Waals surface area contributed by atoms with Gasteiger partial charge in [-0.3, -0.25) is 24.3 Å². The van der Waals surface area contributed by atoms with Gasteiger partial charge in [0.2, 0.25) is 11.8 Å². The number of benzene rings is 2. The number of carbonyl (C=O) groups excluding carboxylic acids is 2. The molecule has 20 heteroatoms. The number of halogens is 2. The Morgan fingerprint density at radius 2 is 1.19 bits per heavy atom. The van der Waals surface area contributed by atoms with E-state index in [-0.39, 0.29) is 30.0 Å². The minimum absolute atomic E-state index is 0.0136. The topological polar surface area (TPSA) is 229 Å². The fourth-order valence-corrected chi connectivity index (χ4v) is 6.30. The van der Waals surface area contributed by atoms with E-state index in [9.17, 15) is 18.4 Å². The standard InChI is InChI=1S/C22H24FN9O.C21H22FN7O/c1-24-20-10-15(7-8-25-20)18-11-21(32(2)30-18)28-22(33)19(26-12-17-13-27-31-29-17)9-14-3-5-16(23)6-4-14;1-24-19-12-15(7-9-26-19)17-13-20(29(2)28-17)27-21(30)18(25-10-8-23)11-14-3-5-16(22)6-4-14/h3-8,10-11,19,26H,9,12-13H2,1-2H3,(H,24,25)(H,28,33);3-7,9,12-13,18,25H,10-11H2,1-2H3,(H,24,26)(H,27,30)/t19-;18-/m00/s1. The Morgan fingerprint density at radius 1 is 0.714 bits per heavy atom. The van der Waals surface area contributed by atoms with Crippen LogP contribution in [-0.2, 0) is 36.5 Å². The van der Waals surface area contributed by atoms with Crippen LogP contribution in [0.25, 0.3) is 22.5 Å². The van der Waals surface area contributed by atoms with Crippen molar-refractivity contribution in [3.63, 3.8) is 0 Å². The predicted octanol–water partition coefficient (Wildman–Crippen LogP) is 4.95. The number of amides is 2. The highest BCUT2D eigenvalue weighted by Gasteiger charge is 2.23. The maximum Gasteiger partial charge on any atom is 0.243 e. The largest absolute Gasteiger partial charge is 0.373 e. The number of nitriles is 1. The van der Waals surface area contributed by atoms with Gasteiger partial charge >= 0.3 is 0 Å². The van der Waals surface area contributed by atoms with Crippen LogP contribution in [-0.4, -0.2) is 92.9 Å². The molecular weight excluding hydrogens is 811 g/mol. The van der Waals surface area contributed by atoms with Crippen LogP contribution in [0.5, 0.6) is 0 Å². The summed E-state index contributed by atoms with van der Waals surface area (Å²) in [6, 6.07) is 23.8. The fourth-order valence-electron chi connectivity index (χ4n) is 6.30. The number of rotatable bonds is 17. The van der Waals surface area contributed by atoms with Crippen molar-refractivity contribution in [3.05, 3.63) is 120 Å². The second-order valence-electron chi connectivity index (χ2n) is 14.2. The van der Waals surface area contributed by atoms with Crippen molar-refractivity contribution in [2.75, 3.05) is 55.0 Å². The molecule has 324 valence electrons.